The van der Waals surface area contributed by atoms with Gasteiger partial charge in [-0.3, -0.25) is 14.5 Å². The largest absolute Gasteiger partial charge is 0.459 e. The molecule has 176 valence electrons. The fourth-order valence-corrected chi connectivity index (χ4v) is 4.16. The van der Waals surface area contributed by atoms with E-state index in [-0.39, 0.29) is 17.0 Å². The highest BCUT2D eigenvalue weighted by Crippen LogP contribution is 2.38. The van der Waals surface area contributed by atoms with Gasteiger partial charge in [0.05, 0.1) is 6.10 Å². The van der Waals surface area contributed by atoms with E-state index in [1.165, 1.54) is 0 Å². The predicted octanol–water partition coefficient (Wildman–Crippen LogP) is 3.46. The summed E-state index contributed by atoms with van der Waals surface area (Å²) in [6.07, 6.45) is 0.162. The smallest absolute Gasteiger partial charge is 0.326 e. The minimum atomic E-state index is -2.21. The van der Waals surface area contributed by atoms with Crippen molar-refractivity contribution < 1.29 is 23.5 Å². The maximum absolute atomic E-state index is 12.7. The molecular formula is C22H44N2O5Si. The number of hydrogen-bond acceptors (Lipinski definition) is 7. The quantitative estimate of drug-likeness (QED) is 0.475. The van der Waals surface area contributed by atoms with Crippen molar-refractivity contribution in [2.45, 2.75) is 116 Å². The number of nitrogens with two attached hydrogens (primary N) is 1. The van der Waals surface area contributed by atoms with Crippen LogP contribution in [0.5, 0.6) is 0 Å². The second kappa shape index (κ2) is 9.26. The van der Waals surface area contributed by atoms with Crippen molar-refractivity contribution in [3.05, 3.63) is 0 Å². The van der Waals surface area contributed by atoms with E-state index < -0.39 is 37.6 Å². The summed E-state index contributed by atoms with van der Waals surface area (Å²) in [5, 5.41) is -0.0432. The van der Waals surface area contributed by atoms with Gasteiger partial charge in [0.2, 0.25) is 0 Å². The maximum atomic E-state index is 12.7. The molecule has 1 saturated heterocycles. The van der Waals surface area contributed by atoms with E-state index in [2.05, 4.69) is 33.9 Å². The van der Waals surface area contributed by atoms with Crippen molar-refractivity contribution in [2.24, 2.45) is 5.73 Å². The molecule has 0 bridgehead atoms. The molecule has 0 aromatic heterocycles. The van der Waals surface area contributed by atoms with E-state index in [0.717, 1.165) is 13.0 Å². The van der Waals surface area contributed by atoms with Crippen LogP contribution in [0.4, 0.5) is 0 Å². The van der Waals surface area contributed by atoms with E-state index in [1.54, 1.807) is 0 Å². The van der Waals surface area contributed by atoms with Gasteiger partial charge >= 0.3 is 11.9 Å². The molecule has 0 saturated carbocycles. The Kier molecular flexibility index (Phi) is 8.36. The number of carbonyl (C=O) groups is 2. The highest BCUT2D eigenvalue weighted by molar-refractivity contribution is 6.74. The minimum absolute atomic E-state index is 0.0432. The van der Waals surface area contributed by atoms with E-state index in [9.17, 15) is 9.59 Å². The van der Waals surface area contributed by atoms with Gasteiger partial charge in [0.15, 0.2) is 8.32 Å². The van der Waals surface area contributed by atoms with Crippen molar-refractivity contribution in [1.82, 2.24) is 4.90 Å². The van der Waals surface area contributed by atoms with E-state index in [1.807, 2.05) is 46.4 Å². The Balaban J connectivity index is 3.01. The Hall–Kier alpha value is -0.963. The zero-order chi connectivity index (χ0) is 23.7. The summed E-state index contributed by atoms with van der Waals surface area (Å²) in [6, 6.07) is -1.26. The van der Waals surface area contributed by atoms with Crippen molar-refractivity contribution in [2.75, 3.05) is 13.1 Å². The van der Waals surface area contributed by atoms with Crippen LogP contribution < -0.4 is 5.73 Å². The van der Waals surface area contributed by atoms with Crippen LogP contribution in [0.25, 0.3) is 0 Å². The van der Waals surface area contributed by atoms with Gasteiger partial charge in [0.25, 0.3) is 0 Å². The molecule has 0 radical (unpaired) electrons. The molecule has 0 aromatic rings. The summed E-state index contributed by atoms with van der Waals surface area (Å²) < 4.78 is 17.6. The molecule has 0 unspecified atom stereocenters. The lowest BCUT2D eigenvalue weighted by molar-refractivity contribution is -0.167. The summed E-state index contributed by atoms with van der Waals surface area (Å²) in [4.78, 5) is 27.3. The number of nitrogens with zero attached hydrogens (tertiary/aromatic N) is 1. The molecule has 0 aromatic carbocycles. The standard InChI is InChI=1S/C22H44N2O5Si/c1-20(2,3)27-18(25)15-12-13-24(15)14-16(29-30(10,11)22(7,8)9)17(23)19(26)28-21(4,5)6/h15-17H,12-14,23H2,1-11H3/t15-,16+,17-/m0/s1. The lowest BCUT2D eigenvalue weighted by atomic mass is 10.0. The molecule has 0 amide bonds. The Morgan fingerprint density at radius 2 is 1.50 bits per heavy atom. The molecule has 0 spiro atoms. The lowest BCUT2D eigenvalue weighted by Gasteiger charge is -2.45. The first-order valence-corrected chi connectivity index (χ1v) is 13.8. The van der Waals surface area contributed by atoms with Crippen LogP contribution in [0, 0.1) is 0 Å². The first-order valence-electron chi connectivity index (χ1n) is 10.9. The van der Waals surface area contributed by atoms with Gasteiger partial charge in [-0.2, -0.15) is 0 Å². The fourth-order valence-electron chi connectivity index (χ4n) is 2.83. The fraction of sp³-hybridized carbons (Fsp3) is 0.909. The van der Waals surface area contributed by atoms with Crippen LogP contribution in [0.3, 0.4) is 0 Å². The van der Waals surface area contributed by atoms with Gasteiger partial charge in [0.1, 0.15) is 23.3 Å². The SMILES string of the molecule is CC(C)(C)OC(=O)[C@@H](N)[C@@H](CN1CC[C@H]1C(=O)OC(C)(C)C)O[Si](C)(C)C(C)(C)C. The first-order chi connectivity index (χ1) is 13.2. The highest BCUT2D eigenvalue weighted by atomic mass is 28.4. The van der Waals surface area contributed by atoms with Gasteiger partial charge < -0.3 is 19.6 Å². The van der Waals surface area contributed by atoms with E-state index in [4.69, 9.17) is 19.6 Å². The summed E-state index contributed by atoms with van der Waals surface area (Å²) >= 11 is 0. The number of hydrogen-bond donors (Lipinski definition) is 1. The number of esters is 2. The summed E-state index contributed by atoms with van der Waals surface area (Å²) in [5.74, 6) is -0.730. The van der Waals surface area contributed by atoms with Crippen LogP contribution >= 0.6 is 0 Å². The highest BCUT2D eigenvalue weighted by Gasteiger charge is 2.45. The van der Waals surface area contributed by atoms with Crippen molar-refractivity contribution in [3.8, 4) is 0 Å². The molecule has 1 heterocycles. The number of likely N-dealkylation sites (tertiary alicyclic amines) is 1. The molecule has 1 rings (SSSR count). The summed E-state index contributed by atoms with van der Waals surface area (Å²) in [6.45, 7) is 22.8. The molecule has 1 aliphatic heterocycles. The van der Waals surface area contributed by atoms with Crippen molar-refractivity contribution >= 4 is 20.3 Å². The summed E-state index contributed by atoms with van der Waals surface area (Å²) in [7, 11) is -2.21. The van der Waals surface area contributed by atoms with Gasteiger partial charge in [-0.05, 0) is 66.1 Å². The Bertz CT molecular complexity index is 616. The number of rotatable bonds is 7. The third-order valence-corrected chi connectivity index (χ3v) is 10.1. The Morgan fingerprint density at radius 1 is 1.00 bits per heavy atom. The van der Waals surface area contributed by atoms with Gasteiger partial charge in [0, 0.05) is 13.1 Å². The molecule has 2 N–H and O–H groups in total. The third kappa shape index (κ3) is 7.94. The second-order valence-corrected chi connectivity index (χ2v) is 16.6. The number of ether oxygens (including phenoxy) is 2. The van der Waals surface area contributed by atoms with Crippen LogP contribution in [-0.2, 0) is 23.5 Å². The summed E-state index contributed by atoms with van der Waals surface area (Å²) in [5.41, 5.74) is 5.18. The monoisotopic (exact) mass is 444 g/mol. The molecule has 0 aliphatic carbocycles. The molecule has 8 heteroatoms. The van der Waals surface area contributed by atoms with Crippen molar-refractivity contribution in [1.29, 1.82) is 0 Å². The molecular weight excluding hydrogens is 400 g/mol. The van der Waals surface area contributed by atoms with Gasteiger partial charge in [-0.1, -0.05) is 20.8 Å². The van der Waals surface area contributed by atoms with Crippen molar-refractivity contribution in [3.63, 3.8) is 0 Å². The van der Waals surface area contributed by atoms with Crippen LogP contribution in [-0.4, -0.2) is 67.6 Å². The Morgan fingerprint density at radius 3 is 1.87 bits per heavy atom. The van der Waals surface area contributed by atoms with Crippen LogP contribution in [0.1, 0.15) is 68.7 Å². The predicted molar refractivity (Wildman–Crippen MR) is 122 cm³/mol. The molecule has 30 heavy (non-hydrogen) atoms. The molecule has 3 atom stereocenters. The normalized spacial score (nSPS) is 20.9. The topological polar surface area (TPSA) is 91.1 Å². The van der Waals surface area contributed by atoms with Crippen LogP contribution in [0.2, 0.25) is 18.1 Å². The Labute approximate surface area is 184 Å². The third-order valence-electron chi connectivity index (χ3n) is 5.56. The van der Waals surface area contributed by atoms with E-state index >= 15 is 0 Å². The maximum Gasteiger partial charge on any atom is 0.326 e. The average molecular weight is 445 g/mol. The second-order valence-electron chi connectivity index (χ2n) is 11.8. The zero-order valence-corrected chi connectivity index (χ0v) is 21.9. The lowest BCUT2D eigenvalue weighted by Crippen LogP contribution is -2.62. The molecule has 1 aliphatic rings. The van der Waals surface area contributed by atoms with E-state index in [0.29, 0.717) is 6.54 Å². The number of carbonyl (C=O) groups excluding carboxylic acids is 2. The first kappa shape index (κ1) is 27.1. The van der Waals surface area contributed by atoms with Crippen LogP contribution in [0.15, 0.2) is 0 Å². The molecule has 1 fully saturated rings. The minimum Gasteiger partial charge on any atom is -0.459 e. The zero-order valence-electron chi connectivity index (χ0n) is 20.9. The average Bonchev–Trinajstić information content (AvgIpc) is 2.44. The van der Waals surface area contributed by atoms with Gasteiger partial charge in [-0.15, -0.1) is 0 Å². The molecule has 7 nitrogen and oxygen atoms in total. The van der Waals surface area contributed by atoms with Gasteiger partial charge in [-0.25, -0.2) is 0 Å².